The normalized spacial score (nSPS) is 15.0. The van der Waals surface area contributed by atoms with Crippen LogP contribution in [0.2, 0.25) is 0 Å². The zero-order valence-corrected chi connectivity index (χ0v) is 17.3. The summed E-state index contributed by atoms with van der Waals surface area (Å²) in [6.45, 7) is 4.37. The molecule has 0 fully saturated rings. The number of carbonyl (C=O) groups excluding carboxylic acids is 3. The fraction of sp³-hybridized carbons (Fsp3) is 0.348. The van der Waals surface area contributed by atoms with Crippen LogP contribution in [0.4, 0.5) is 4.79 Å². The number of hydrogen-bond donors (Lipinski definition) is 0. The second kappa shape index (κ2) is 12.3. The number of esters is 2. The smallest absolute Gasteiger partial charge is 0.414 e. The number of amides is 1. The van der Waals surface area contributed by atoms with Crippen LogP contribution in [-0.2, 0) is 30.4 Å². The van der Waals surface area contributed by atoms with E-state index in [4.69, 9.17) is 14.2 Å². The highest BCUT2D eigenvalue weighted by Gasteiger charge is 2.20. The minimum absolute atomic E-state index is 0.174. The van der Waals surface area contributed by atoms with Gasteiger partial charge < -0.3 is 14.2 Å². The topological polar surface area (TPSA) is 82.1 Å². The number of nitrogens with zero attached hydrogens (tertiary/aromatic N) is 1. The van der Waals surface area contributed by atoms with Crippen molar-refractivity contribution in [1.29, 1.82) is 0 Å². The maximum atomic E-state index is 12.0. The first kappa shape index (κ1) is 22.9. The summed E-state index contributed by atoms with van der Waals surface area (Å²) in [6, 6.07) is 9.33. The van der Waals surface area contributed by atoms with Crippen LogP contribution >= 0.6 is 0 Å². The molecule has 0 N–H and O–H groups in total. The summed E-state index contributed by atoms with van der Waals surface area (Å²) in [7, 11) is 0. The van der Waals surface area contributed by atoms with E-state index in [9.17, 15) is 14.4 Å². The Kier molecular flexibility index (Phi) is 9.37. The van der Waals surface area contributed by atoms with Gasteiger partial charge in [0, 0.05) is 24.4 Å². The van der Waals surface area contributed by atoms with Gasteiger partial charge in [-0.1, -0.05) is 36.4 Å². The Labute approximate surface area is 176 Å². The molecule has 1 amide bonds. The molecule has 7 heteroatoms. The van der Waals surface area contributed by atoms with Crippen LogP contribution < -0.4 is 0 Å². The fourth-order valence-electron chi connectivity index (χ4n) is 2.70. The van der Waals surface area contributed by atoms with E-state index in [-0.39, 0.29) is 13.2 Å². The van der Waals surface area contributed by atoms with Gasteiger partial charge in [0.2, 0.25) is 0 Å². The molecule has 2 rings (SSSR count). The molecule has 1 heterocycles. The van der Waals surface area contributed by atoms with Crippen LogP contribution in [0.1, 0.15) is 32.3 Å². The first-order chi connectivity index (χ1) is 14.5. The third-order valence-electron chi connectivity index (χ3n) is 4.16. The molecule has 1 aromatic carbocycles. The molecular weight excluding hydrogens is 386 g/mol. The largest absolute Gasteiger partial charge is 0.458 e. The highest BCUT2D eigenvalue weighted by Crippen LogP contribution is 2.17. The number of ether oxygens (including phenoxy) is 3. The first-order valence-electron chi connectivity index (χ1n) is 9.91. The van der Waals surface area contributed by atoms with E-state index < -0.39 is 24.1 Å². The maximum absolute atomic E-state index is 12.0. The molecule has 0 unspecified atom stereocenters. The Hall–Kier alpha value is -3.35. The summed E-state index contributed by atoms with van der Waals surface area (Å²) < 4.78 is 15.4. The van der Waals surface area contributed by atoms with Crippen molar-refractivity contribution in [2.45, 2.75) is 39.4 Å². The quantitative estimate of drug-likeness (QED) is 0.365. The minimum atomic E-state index is -0.618. The molecule has 0 aromatic heterocycles. The number of hydrogen-bond acceptors (Lipinski definition) is 6. The summed E-state index contributed by atoms with van der Waals surface area (Å²) in [6.07, 6.45) is 7.93. The van der Waals surface area contributed by atoms with Crippen LogP contribution in [0.5, 0.6) is 0 Å². The lowest BCUT2D eigenvalue weighted by Crippen LogP contribution is -2.33. The van der Waals surface area contributed by atoms with E-state index in [1.165, 1.54) is 29.2 Å². The van der Waals surface area contributed by atoms with E-state index in [1.54, 1.807) is 13.8 Å². The molecule has 0 bridgehead atoms. The lowest BCUT2D eigenvalue weighted by molar-refractivity contribution is -0.141. The van der Waals surface area contributed by atoms with Crippen LogP contribution in [0.15, 0.2) is 66.4 Å². The van der Waals surface area contributed by atoms with Gasteiger partial charge in [-0.2, -0.15) is 0 Å². The lowest BCUT2D eigenvalue weighted by atomic mass is 10.1. The number of carbonyl (C=O) groups is 3. The summed E-state index contributed by atoms with van der Waals surface area (Å²) in [5.74, 6) is -1.10. The van der Waals surface area contributed by atoms with Gasteiger partial charge in [-0.3, -0.25) is 4.90 Å². The van der Waals surface area contributed by atoms with Crippen molar-refractivity contribution in [2.75, 3.05) is 13.2 Å². The fourth-order valence-corrected chi connectivity index (χ4v) is 2.70. The Bertz CT molecular complexity index is 812. The molecule has 0 saturated carbocycles. The monoisotopic (exact) mass is 413 g/mol. The molecule has 0 saturated heterocycles. The first-order valence-corrected chi connectivity index (χ1v) is 9.91. The van der Waals surface area contributed by atoms with Crippen molar-refractivity contribution in [1.82, 2.24) is 4.90 Å². The highest BCUT2D eigenvalue weighted by molar-refractivity contribution is 5.84. The Balaban J connectivity index is 1.80. The summed E-state index contributed by atoms with van der Waals surface area (Å²) in [4.78, 5) is 37.3. The van der Waals surface area contributed by atoms with E-state index >= 15 is 0 Å². The number of allylic oxidation sites excluding steroid dienone is 2. The second-order valence-electron chi connectivity index (χ2n) is 6.55. The van der Waals surface area contributed by atoms with Crippen LogP contribution in [0.25, 0.3) is 0 Å². The zero-order valence-electron chi connectivity index (χ0n) is 17.3. The van der Waals surface area contributed by atoms with Gasteiger partial charge in [-0.25, -0.2) is 14.4 Å². The molecule has 0 spiro atoms. The number of rotatable bonds is 8. The summed E-state index contributed by atoms with van der Waals surface area (Å²) >= 11 is 0. The van der Waals surface area contributed by atoms with Gasteiger partial charge in [0.15, 0.2) is 0 Å². The van der Waals surface area contributed by atoms with Crippen LogP contribution in [0, 0.1) is 0 Å². The molecule has 0 aliphatic carbocycles. The molecule has 7 nitrogen and oxygen atoms in total. The third-order valence-corrected chi connectivity index (χ3v) is 4.16. The predicted molar refractivity (Wildman–Crippen MR) is 111 cm³/mol. The van der Waals surface area contributed by atoms with Crippen molar-refractivity contribution in [3.63, 3.8) is 0 Å². The van der Waals surface area contributed by atoms with Gasteiger partial charge in [-0.05, 0) is 44.4 Å². The summed E-state index contributed by atoms with van der Waals surface area (Å²) in [5.41, 5.74) is 1.49. The molecule has 30 heavy (non-hydrogen) atoms. The molecule has 160 valence electrons. The van der Waals surface area contributed by atoms with Crippen molar-refractivity contribution in [3.05, 3.63) is 72.0 Å². The van der Waals surface area contributed by atoms with E-state index in [2.05, 4.69) is 0 Å². The van der Waals surface area contributed by atoms with Crippen LogP contribution in [-0.4, -0.2) is 42.2 Å². The van der Waals surface area contributed by atoms with Crippen molar-refractivity contribution >= 4 is 18.0 Å². The Morgan fingerprint density at radius 3 is 2.60 bits per heavy atom. The second-order valence-corrected chi connectivity index (χ2v) is 6.55. The maximum Gasteiger partial charge on any atom is 0.414 e. The average Bonchev–Trinajstić information content (AvgIpc) is 2.76. The Morgan fingerprint density at radius 1 is 1.10 bits per heavy atom. The predicted octanol–water partition coefficient (Wildman–Crippen LogP) is 3.91. The lowest BCUT2D eigenvalue weighted by Gasteiger charge is -2.26. The molecule has 1 aliphatic heterocycles. The van der Waals surface area contributed by atoms with E-state index in [0.29, 0.717) is 12.2 Å². The highest BCUT2D eigenvalue weighted by atomic mass is 16.6. The molecule has 1 atom stereocenters. The van der Waals surface area contributed by atoms with Crippen molar-refractivity contribution in [3.8, 4) is 0 Å². The van der Waals surface area contributed by atoms with E-state index in [0.717, 1.165) is 18.4 Å². The zero-order chi connectivity index (χ0) is 21.8. The molecular formula is C23H27NO6. The molecule has 1 aromatic rings. The SMILES string of the molecule is CCOC(=O)N1CCCC=C1/C=C/C(=O)O[C@H](C)/C=C\C(=O)OCc1ccccc1. The summed E-state index contributed by atoms with van der Waals surface area (Å²) in [5, 5.41) is 0. The minimum Gasteiger partial charge on any atom is -0.458 e. The van der Waals surface area contributed by atoms with Crippen molar-refractivity contribution in [2.24, 2.45) is 0 Å². The standard InChI is InChI=1S/C23H27NO6/c1-3-28-23(27)24-16-8-7-11-20(24)13-15-22(26)30-18(2)12-14-21(25)29-17-19-9-5-4-6-10-19/h4-6,9-15,18H,3,7-8,16-17H2,1-2H3/b14-12-,15-13+/t18-/m1/s1. The average molecular weight is 413 g/mol. The number of benzene rings is 1. The van der Waals surface area contributed by atoms with Gasteiger partial charge >= 0.3 is 18.0 Å². The van der Waals surface area contributed by atoms with Gasteiger partial charge in [0.25, 0.3) is 0 Å². The van der Waals surface area contributed by atoms with Gasteiger partial charge in [0.1, 0.15) is 12.7 Å². The van der Waals surface area contributed by atoms with Gasteiger partial charge in [-0.15, -0.1) is 0 Å². The third kappa shape index (κ3) is 7.95. The van der Waals surface area contributed by atoms with Gasteiger partial charge in [0.05, 0.1) is 6.61 Å². The molecule has 1 aliphatic rings. The Morgan fingerprint density at radius 2 is 1.87 bits per heavy atom. The van der Waals surface area contributed by atoms with E-state index in [1.807, 2.05) is 36.4 Å². The van der Waals surface area contributed by atoms with Crippen LogP contribution in [0.3, 0.4) is 0 Å². The van der Waals surface area contributed by atoms with Crippen molar-refractivity contribution < 1.29 is 28.6 Å². The molecule has 0 radical (unpaired) electrons.